The van der Waals surface area contributed by atoms with E-state index < -0.39 is 12.1 Å². The fourth-order valence-electron chi connectivity index (χ4n) is 8.49. The fourth-order valence-corrected chi connectivity index (χ4v) is 8.49. The van der Waals surface area contributed by atoms with E-state index in [1.54, 1.807) is 6.08 Å². The van der Waals surface area contributed by atoms with Crippen LogP contribution in [-0.2, 0) is 14.3 Å². The average Bonchev–Trinajstić information content (AvgIpc) is 3.29. The zero-order valence-electron chi connectivity index (χ0n) is 42.8. The smallest absolute Gasteiger partial charge is 0.305 e. The molecule has 0 aliphatic carbocycles. The molecule has 2 atom stereocenters. The molecule has 1 amide bonds. The molecule has 0 aromatic carbocycles. The van der Waals surface area contributed by atoms with Crippen molar-refractivity contribution in [3.63, 3.8) is 0 Å². The third-order valence-corrected chi connectivity index (χ3v) is 12.9. The number of carbonyl (C=O) groups is 2. The van der Waals surface area contributed by atoms with E-state index in [1.165, 1.54) is 225 Å². The molecule has 3 N–H and O–H groups in total. The second kappa shape index (κ2) is 53.7. The summed E-state index contributed by atoms with van der Waals surface area (Å²) in [6.07, 6.45) is 66.1. The van der Waals surface area contributed by atoms with Gasteiger partial charge >= 0.3 is 5.97 Å². The van der Waals surface area contributed by atoms with Crippen LogP contribution in [0.4, 0.5) is 0 Å². The van der Waals surface area contributed by atoms with E-state index in [2.05, 4.69) is 43.5 Å². The minimum Gasteiger partial charge on any atom is -0.466 e. The molecule has 376 valence electrons. The van der Waals surface area contributed by atoms with Gasteiger partial charge in [-0.15, -0.1) is 0 Å². The molecular formula is C58H109NO5. The minimum absolute atomic E-state index is 0.00300. The highest BCUT2D eigenvalue weighted by atomic mass is 16.5. The van der Waals surface area contributed by atoms with E-state index >= 15 is 0 Å². The molecule has 0 fully saturated rings. The van der Waals surface area contributed by atoms with Crippen LogP contribution >= 0.6 is 0 Å². The van der Waals surface area contributed by atoms with Crippen molar-refractivity contribution in [1.29, 1.82) is 0 Å². The zero-order chi connectivity index (χ0) is 46.5. The molecule has 0 spiro atoms. The summed E-state index contributed by atoms with van der Waals surface area (Å²) >= 11 is 0. The van der Waals surface area contributed by atoms with Crippen LogP contribution in [0.1, 0.15) is 296 Å². The van der Waals surface area contributed by atoms with Gasteiger partial charge in [-0.05, 0) is 77.0 Å². The number of ether oxygens (including phenoxy) is 1. The number of aliphatic hydroxyl groups excluding tert-OH is 2. The first-order valence-corrected chi connectivity index (χ1v) is 28.3. The molecule has 0 aliphatic rings. The minimum atomic E-state index is -0.842. The van der Waals surface area contributed by atoms with Gasteiger partial charge in [0, 0.05) is 12.8 Å². The number of rotatable bonds is 52. The molecule has 0 heterocycles. The Kier molecular flexibility index (Phi) is 52.1. The number of carbonyl (C=O) groups excluding carboxylic acids is 2. The Balaban J connectivity index is 3.38. The van der Waals surface area contributed by atoms with Crippen molar-refractivity contribution in [3.8, 4) is 0 Å². The molecule has 0 bridgehead atoms. The topological polar surface area (TPSA) is 95.9 Å². The molecule has 0 aromatic rings. The molecule has 0 saturated heterocycles. The summed E-state index contributed by atoms with van der Waals surface area (Å²) < 4.78 is 5.45. The highest BCUT2D eigenvalue weighted by Gasteiger charge is 2.18. The summed E-state index contributed by atoms with van der Waals surface area (Å²) in [5.41, 5.74) is 0. The van der Waals surface area contributed by atoms with Crippen molar-refractivity contribution < 1.29 is 24.5 Å². The summed E-state index contributed by atoms with van der Waals surface area (Å²) in [5.74, 6) is -0.0687. The number of unbranched alkanes of at least 4 members (excludes halogenated alkanes) is 37. The lowest BCUT2D eigenvalue weighted by molar-refractivity contribution is -0.143. The van der Waals surface area contributed by atoms with Crippen molar-refractivity contribution in [2.45, 2.75) is 309 Å². The molecule has 2 unspecified atom stereocenters. The number of amides is 1. The van der Waals surface area contributed by atoms with E-state index in [0.717, 1.165) is 44.9 Å². The maximum Gasteiger partial charge on any atom is 0.305 e. The number of hydrogen-bond acceptors (Lipinski definition) is 5. The lowest BCUT2D eigenvalue weighted by Gasteiger charge is -2.20. The number of allylic oxidation sites excluding steroid dienone is 5. The molecule has 0 rings (SSSR count). The number of nitrogens with one attached hydrogen (secondary N) is 1. The molecule has 0 aromatic heterocycles. The van der Waals surface area contributed by atoms with E-state index in [-0.39, 0.29) is 18.5 Å². The van der Waals surface area contributed by atoms with Crippen LogP contribution in [0, 0.1) is 0 Å². The van der Waals surface area contributed by atoms with Gasteiger partial charge in [0.15, 0.2) is 0 Å². The molecule has 0 saturated carbocycles. The van der Waals surface area contributed by atoms with Crippen LogP contribution in [-0.4, -0.2) is 47.4 Å². The maximum atomic E-state index is 12.4. The number of esters is 1. The normalized spacial score (nSPS) is 12.9. The van der Waals surface area contributed by atoms with Crippen molar-refractivity contribution in [3.05, 3.63) is 36.5 Å². The molecular weight excluding hydrogens is 791 g/mol. The predicted molar refractivity (Wildman–Crippen MR) is 278 cm³/mol. The average molecular weight is 901 g/mol. The Bertz CT molecular complexity index is 1040. The SMILES string of the molecule is CCCC/C=C\CCCCCCCC(=O)OCCCCCCCCCCCCCC/C=C\CCCCCCCCCCCCCC(=O)NC(CO)C(O)/C=C/CCCCCCCCC. The predicted octanol–water partition coefficient (Wildman–Crippen LogP) is 17.2. The summed E-state index contributed by atoms with van der Waals surface area (Å²) in [6, 6.07) is -0.626. The Morgan fingerprint density at radius 2 is 0.750 bits per heavy atom. The third-order valence-electron chi connectivity index (χ3n) is 12.9. The summed E-state index contributed by atoms with van der Waals surface area (Å²) in [6.45, 7) is 4.84. The van der Waals surface area contributed by atoms with Crippen LogP contribution in [0.25, 0.3) is 0 Å². The van der Waals surface area contributed by atoms with E-state index in [4.69, 9.17) is 4.74 Å². The monoisotopic (exact) mass is 900 g/mol. The van der Waals surface area contributed by atoms with Gasteiger partial charge in [0.25, 0.3) is 0 Å². The Morgan fingerprint density at radius 3 is 1.16 bits per heavy atom. The second-order valence-corrected chi connectivity index (χ2v) is 19.3. The quantitative estimate of drug-likeness (QED) is 0.0321. The lowest BCUT2D eigenvalue weighted by atomic mass is 10.0. The highest BCUT2D eigenvalue weighted by Crippen LogP contribution is 2.16. The van der Waals surface area contributed by atoms with E-state index in [9.17, 15) is 19.8 Å². The first-order chi connectivity index (χ1) is 31.5. The van der Waals surface area contributed by atoms with Crippen molar-refractivity contribution in [2.75, 3.05) is 13.2 Å². The first kappa shape index (κ1) is 62.1. The maximum absolute atomic E-state index is 12.4. The zero-order valence-corrected chi connectivity index (χ0v) is 42.8. The Labute approximate surface area is 398 Å². The lowest BCUT2D eigenvalue weighted by Crippen LogP contribution is -2.45. The summed E-state index contributed by atoms with van der Waals surface area (Å²) in [4.78, 5) is 24.3. The third kappa shape index (κ3) is 49.5. The molecule has 6 heteroatoms. The van der Waals surface area contributed by atoms with E-state index in [1.807, 2.05) is 6.08 Å². The van der Waals surface area contributed by atoms with Crippen LogP contribution in [0.2, 0.25) is 0 Å². The van der Waals surface area contributed by atoms with Crippen LogP contribution in [0.3, 0.4) is 0 Å². The second-order valence-electron chi connectivity index (χ2n) is 19.3. The number of hydrogen-bond donors (Lipinski definition) is 3. The van der Waals surface area contributed by atoms with Crippen LogP contribution in [0.15, 0.2) is 36.5 Å². The highest BCUT2D eigenvalue weighted by molar-refractivity contribution is 5.76. The van der Waals surface area contributed by atoms with Crippen molar-refractivity contribution in [1.82, 2.24) is 5.32 Å². The van der Waals surface area contributed by atoms with Gasteiger partial charge < -0.3 is 20.3 Å². The van der Waals surface area contributed by atoms with Crippen molar-refractivity contribution in [2.24, 2.45) is 0 Å². The summed E-state index contributed by atoms with van der Waals surface area (Å²) in [5, 5.41) is 22.9. The molecule has 64 heavy (non-hydrogen) atoms. The van der Waals surface area contributed by atoms with Crippen LogP contribution in [0.5, 0.6) is 0 Å². The van der Waals surface area contributed by atoms with Gasteiger partial charge in [-0.2, -0.15) is 0 Å². The van der Waals surface area contributed by atoms with E-state index in [0.29, 0.717) is 19.4 Å². The van der Waals surface area contributed by atoms with Gasteiger partial charge in [-0.3, -0.25) is 9.59 Å². The summed E-state index contributed by atoms with van der Waals surface area (Å²) in [7, 11) is 0. The fraction of sp³-hybridized carbons (Fsp3) is 0.862. The Morgan fingerprint density at radius 1 is 0.422 bits per heavy atom. The first-order valence-electron chi connectivity index (χ1n) is 28.3. The van der Waals surface area contributed by atoms with Gasteiger partial charge in [0.2, 0.25) is 5.91 Å². The van der Waals surface area contributed by atoms with Crippen molar-refractivity contribution >= 4 is 11.9 Å². The van der Waals surface area contributed by atoms with Gasteiger partial charge in [-0.1, -0.05) is 243 Å². The van der Waals surface area contributed by atoms with Crippen LogP contribution < -0.4 is 5.32 Å². The molecule has 0 radical (unpaired) electrons. The molecule has 0 aliphatic heterocycles. The standard InChI is InChI=1S/C58H109NO5/c1-3-5-7-9-11-13-31-36-40-44-48-52-58(63)64-53-49-45-41-37-33-30-28-26-24-22-20-18-16-14-15-17-19-21-23-25-27-29-32-35-39-43-47-51-57(62)59-55(54-60)56(61)50-46-42-38-34-12-10-8-6-4-2/h9,11,14-15,46,50,55-56,60-61H,3-8,10,12-13,16-45,47-49,51-54H2,1-2H3,(H,59,62)/b11-9-,15-14-,50-46+. The largest absolute Gasteiger partial charge is 0.466 e. The van der Waals surface area contributed by atoms with Gasteiger partial charge in [0.1, 0.15) is 0 Å². The van der Waals surface area contributed by atoms with Gasteiger partial charge in [-0.25, -0.2) is 0 Å². The molecule has 6 nitrogen and oxygen atoms in total. The van der Waals surface area contributed by atoms with Gasteiger partial charge in [0.05, 0.1) is 25.4 Å². The Hall–Kier alpha value is -1.92. The number of aliphatic hydroxyl groups is 2.